The predicted molar refractivity (Wildman–Crippen MR) is 108 cm³/mol. The number of carbonyl (C=O) groups excluding carboxylic acids is 1. The van der Waals surface area contributed by atoms with E-state index < -0.39 is 0 Å². The van der Waals surface area contributed by atoms with Gasteiger partial charge in [0.15, 0.2) is 5.96 Å². The molecule has 0 bridgehead atoms. The molecule has 26 heavy (non-hydrogen) atoms. The second-order valence-electron chi connectivity index (χ2n) is 6.56. The lowest BCUT2D eigenvalue weighted by atomic mass is 10.1. The molecule has 1 atom stereocenters. The van der Waals surface area contributed by atoms with Crippen molar-refractivity contribution in [2.45, 2.75) is 46.2 Å². The summed E-state index contributed by atoms with van der Waals surface area (Å²) in [5.74, 6) is 0.795. The van der Waals surface area contributed by atoms with Crippen molar-refractivity contribution in [3.8, 4) is 0 Å². The second kappa shape index (κ2) is 10.8. The minimum atomic E-state index is -0.0377. The fourth-order valence-corrected chi connectivity index (χ4v) is 3.34. The third-order valence-electron chi connectivity index (χ3n) is 4.70. The quantitative estimate of drug-likeness (QED) is 0.490. The molecule has 0 aromatic heterocycles. The van der Waals surface area contributed by atoms with Gasteiger partial charge in [-0.05, 0) is 57.5 Å². The van der Waals surface area contributed by atoms with Crippen LogP contribution in [0.25, 0.3) is 0 Å². The van der Waals surface area contributed by atoms with E-state index in [-0.39, 0.29) is 5.91 Å². The number of likely N-dealkylation sites (N-methyl/N-ethyl adjacent to an activating group) is 1. The Kier molecular flexibility index (Phi) is 8.41. The molecule has 6 nitrogen and oxygen atoms in total. The smallest absolute Gasteiger partial charge is 0.251 e. The van der Waals surface area contributed by atoms with Gasteiger partial charge >= 0.3 is 0 Å². The van der Waals surface area contributed by atoms with Gasteiger partial charge in [0.1, 0.15) is 0 Å². The number of hydrogen-bond acceptors (Lipinski definition) is 3. The Morgan fingerprint density at radius 3 is 2.73 bits per heavy atom. The topological polar surface area (TPSA) is 68.8 Å². The fourth-order valence-electron chi connectivity index (χ4n) is 3.34. The van der Waals surface area contributed by atoms with Crippen LogP contribution in [0, 0.1) is 0 Å². The van der Waals surface area contributed by atoms with E-state index in [2.05, 4.69) is 39.7 Å². The van der Waals surface area contributed by atoms with E-state index in [1.165, 1.54) is 19.4 Å². The molecule has 144 valence electrons. The van der Waals surface area contributed by atoms with Crippen LogP contribution in [0.1, 0.15) is 49.5 Å². The van der Waals surface area contributed by atoms with Crippen molar-refractivity contribution in [2.75, 3.05) is 32.7 Å². The summed E-state index contributed by atoms with van der Waals surface area (Å²) >= 11 is 0. The van der Waals surface area contributed by atoms with Crippen LogP contribution in [-0.2, 0) is 6.54 Å². The third kappa shape index (κ3) is 6.02. The molecule has 1 amide bonds. The molecule has 1 saturated heterocycles. The number of rotatable bonds is 8. The van der Waals surface area contributed by atoms with Crippen molar-refractivity contribution in [1.29, 1.82) is 0 Å². The third-order valence-corrected chi connectivity index (χ3v) is 4.70. The van der Waals surface area contributed by atoms with Crippen LogP contribution in [0.4, 0.5) is 0 Å². The molecule has 0 spiro atoms. The van der Waals surface area contributed by atoms with Crippen LogP contribution in [0.2, 0.25) is 0 Å². The number of aliphatic imine (C=N–C) groups is 1. The Balaban J connectivity index is 1.95. The van der Waals surface area contributed by atoms with Crippen LogP contribution < -0.4 is 16.0 Å². The van der Waals surface area contributed by atoms with Crippen molar-refractivity contribution in [3.05, 3.63) is 35.4 Å². The Bertz CT molecular complexity index is 602. The SMILES string of the molecule is CCNC(=O)c1cccc(CN=C(NCC)NCC2CCCN2CC)c1. The highest BCUT2D eigenvalue weighted by Gasteiger charge is 2.22. The number of carbonyl (C=O) groups is 1. The first-order valence-electron chi connectivity index (χ1n) is 9.81. The van der Waals surface area contributed by atoms with Crippen LogP contribution in [-0.4, -0.2) is 55.5 Å². The van der Waals surface area contributed by atoms with Crippen LogP contribution in [0.3, 0.4) is 0 Å². The number of nitrogens with one attached hydrogen (secondary N) is 3. The van der Waals surface area contributed by atoms with E-state index >= 15 is 0 Å². The van der Waals surface area contributed by atoms with E-state index in [0.29, 0.717) is 24.7 Å². The normalized spacial score (nSPS) is 18.0. The molecule has 0 radical (unpaired) electrons. The molecule has 1 aromatic rings. The molecule has 0 saturated carbocycles. The Morgan fingerprint density at radius 1 is 1.19 bits per heavy atom. The maximum absolute atomic E-state index is 12.0. The molecule has 1 aliphatic rings. The minimum Gasteiger partial charge on any atom is -0.357 e. The molecule has 1 unspecified atom stereocenters. The zero-order chi connectivity index (χ0) is 18.8. The summed E-state index contributed by atoms with van der Waals surface area (Å²) in [6, 6.07) is 8.25. The lowest BCUT2D eigenvalue weighted by molar-refractivity contribution is 0.0955. The van der Waals surface area contributed by atoms with E-state index in [0.717, 1.165) is 31.2 Å². The summed E-state index contributed by atoms with van der Waals surface area (Å²) in [5, 5.41) is 9.61. The van der Waals surface area contributed by atoms with Gasteiger partial charge in [0, 0.05) is 31.2 Å². The van der Waals surface area contributed by atoms with Crippen molar-refractivity contribution >= 4 is 11.9 Å². The van der Waals surface area contributed by atoms with Crippen LogP contribution in [0.15, 0.2) is 29.3 Å². The Morgan fingerprint density at radius 2 is 2.00 bits per heavy atom. The summed E-state index contributed by atoms with van der Waals surface area (Å²) < 4.78 is 0. The predicted octanol–water partition coefficient (Wildman–Crippen LogP) is 1.98. The maximum Gasteiger partial charge on any atom is 0.251 e. The van der Waals surface area contributed by atoms with Gasteiger partial charge in [0.25, 0.3) is 5.91 Å². The zero-order valence-corrected chi connectivity index (χ0v) is 16.3. The highest BCUT2D eigenvalue weighted by molar-refractivity contribution is 5.94. The second-order valence-corrected chi connectivity index (χ2v) is 6.56. The van der Waals surface area contributed by atoms with E-state index in [4.69, 9.17) is 0 Å². The molecular formula is C20H33N5O. The molecule has 1 aliphatic heterocycles. The zero-order valence-electron chi connectivity index (χ0n) is 16.3. The summed E-state index contributed by atoms with van der Waals surface area (Å²) in [6.07, 6.45) is 2.52. The van der Waals surface area contributed by atoms with Gasteiger partial charge in [-0.1, -0.05) is 19.1 Å². The van der Waals surface area contributed by atoms with Crippen molar-refractivity contribution in [2.24, 2.45) is 4.99 Å². The molecule has 2 rings (SSSR count). The molecule has 1 aromatic carbocycles. The van der Waals surface area contributed by atoms with Gasteiger partial charge in [-0.3, -0.25) is 9.69 Å². The number of likely N-dealkylation sites (tertiary alicyclic amines) is 1. The lowest BCUT2D eigenvalue weighted by Gasteiger charge is -2.24. The molecule has 0 aliphatic carbocycles. The first-order chi connectivity index (χ1) is 12.7. The van der Waals surface area contributed by atoms with E-state index in [1.807, 2.05) is 31.2 Å². The lowest BCUT2D eigenvalue weighted by Crippen LogP contribution is -2.44. The summed E-state index contributed by atoms with van der Waals surface area (Å²) in [6.45, 7) is 11.4. The van der Waals surface area contributed by atoms with Crippen molar-refractivity contribution in [1.82, 2.24) is 20.9 Å². The van der Waals surface area contributed by atoms with Gasteiger partial charge in [0.05, 0.1) is 6.54 Å². The molecule has 1 heterocycles. The fraction of sp³-hybridized carbons (Fsp3) is 0.600. The first kappa shape index (κ1) is 20.2. The van der Waals surface area contributed by atoms with Crippen LogP contribution >= 0.6 is 0 Å². The highest BCUT2D eigenvalue weighted by Crippen LogP contribution is 2.15. The Hall–Kier alpha value is -2.08. The van der Waals surface area contributed by atoms with Crippen molar-refractivity contribution in [3.63, 3.8) is 0 Å². The average molecular weight is 360 g/mol. The first-order valence-corrected chi connectivity index (χ1v) is 9.81. The summed E-state index contributed by atoms with van der Waals surface area (Å²) in [7, 11) is 0. The standard InChI is InChI=1S/C20H33N5O/c1-4-21-19(26)17-10-7-9-16(13-17)14-23-20(22-5-2)24-15-18-11-8-12-25(18)6-3/h7,9-10,13,18H,4-6,8,11-12,14-15H2,1-3H3,(H,21,26)(H2,22,23,24). The van der Waals surface area contributed by atoms with Crippen molar-refractivity contribution < 1.29 is 4.79 Å². The number of guanidine groups is 1. The molecule has 3 N–H and O–H groups in total. The number of amides is 1. The van der Waals surface area contributed by atoms with Gasteiger partial charge < -0.3 is 16.0 Å². The van der Waals surface area contributed by atoms with Crippen LogP contribution in [0.5, 0.6) is 0 Å². The number of hydrogen-bond donors (Lipinski definition) is 3. The maximum atomic E-state index is 12.0. The van der Waals surface area contributed by atoms with Gasteiger partial charge in [0.2, 0.25) is 0 Å². The van der Waals surface area contributed by atoms with Gasteiger partial charge in [-0.2, -0.15) is 0 Å². The van der Waals surface area contributed by atoms with Gasteiger partial charge in [-0.25, -0.2) is 4.99 Å². The monoisotopic (exact) mass is 359 g/mol. The average Bonchev–Trinajstić information content (AvgIpc) is 3.12. The van der Waals surface area contributed by atoms with Gasteiger partial charge in [-0.15, -0.1) is 0 Å². The summed E-state index contributed by atoms with van der Waals surface area (Å²) in [5.41, 5.74) is 1.71. The molecule has 6 heteroatoms. The van der Waals surface area contributed by atoms with E-state index in [1.54, 1.807) is 0 Å². The minimum absolute atomic E-state index is 0.0377. The number of benzene rings is 1. The molecular weight excluding hydrogens is 326 g/mol. The Labute approximate surface area is 157 Å². The largest absolute Gasteiger partial charge is 0.357 e. The molecule has 1 fully saturated rings. The summed E-state index contributed by atoms with van der Waals surface area (Å²) in [4.78, 5) is 19.2. The highest BCUT2D eigenvalue weighted by atomic mass is 16.1. The van der Waals surface area contributed by atoms with E-state index in [9.17, 15) is 4.79 Å². The number of nitrogens with zero attached hydrogens (tertiary/aromatic N) is 2.